The van der Waals surface area contributed by atoms with Crippen LogP contribution in [-0.4, -0.2) is 0 Å². The van der Waals surface area contributed by atoms with Crippen LogP contribution in [0.15, 0.2) is 121 Å². The normalized spacial score (nSPS) is 11.8. The maximum absolute atomic E-state index is 15.0. The van der Waals surface area contributed by atoms with Crippen LogP contribution in [0.1, 0.15) is 51.8 Å². The van der Waals surface area contributed by atoms with Crippen LogP contribution in [0.25, 0.3) is 23.3 Å². The lowest BCUT2D eigenvalue weighted by atomic mass is 9.93. The number of benzene rings is 5. The van der Waals surface area contributed by atoms with E-state index in [-0.39, 0.29) is 5.82 Å². The van der Waals surface area contributed by atoms with E-state index >= 15 is 0 Å². The molecule has 0 saturated carbocycles. The van der Waals surface area contributed by atoms with E-state index in [1.165, 1.54) is 22.3 Å². The number of hydrogen-bond acceptors (Lipinski definition) is 1. The van der Waals surface area contributed by atoms with Gasteiger partial charge in [0.15, 0.2) is 0 Å². The molecule has 0 fully saturated rings. The van der Waals surface area contributed by atoms with Crippen molar-refractivity contribution in [3.8, 4) is 17.2 Å². The van der Waals surface area contributed by atoms with Gasteiger partial charge in [-0.15, -0.1) is 0 Å². The minimum atomic E-state index is -0.227. The Bertz CT molecular complexity index is 1610. The molecule has 5 aromatic carbocycles. The lowest BCUT2D eigenvalue weighted by Crippen LogP contribution is -1.98. The maximum Gasteiger partial charge on any atom is 0.131 e. The van der Waals surface area contributed by atoms with E-state index in [2.05, 4.69) is 85.8 Å². The largest absolute Gasteiger partial charge is 0.206 e. The quantitative estimate of drug-likeness (QED) is 0.177. The number of hydrogen-bond donors (Lipinski definition) is 0. The summed E-state index contributed by atoms with van der Waals surface area (Å²) >= 11 is 0. The van der Waals surface area contributed by atoms with Crippen LogP contribution in [0, 0.1) is 17.1 Å². The van der Waals surface area contributed by atoms with Crippen LogP contribution in [-0.2, 0) is 19.3 Å². The van der Waals surface area contributed by atoms with E-state index in [0.717, 1.165) is 36.0 Å². The van der Waals surface area contributed by atoms with Crippen molar-refractivity contribution in [1.29, 1.82) is 5.26 Å². The molecule has 0 bridgehead atoms. The molecule has 2 heteroatoms. The molecule has 5 rings (SSSR count). The zero-order valence-corrected chi connectivity index (χ0v) is 22.7. The second-order valence-electron chi connectivity index (χ2n) is 10.3. The third-order valence-corrected chi connectivity index (χ3v) is 7.42. The summed E-state index contributed by atoms with van der Waals surface area (Å²) in [5, 5.41) is 8.94. The molecule has 5 aromatic rings. The van der Waals surface area contributed by atoms with Crippen LogP contribution in [0.5, 0.6) is 0 Å². The zero-order valence-electron chi connectivity index (χ0n) is 22.7. The van der Waals surface area contributed by atoms with Crippen molar-refractivity contribution in [1.82, 2.24) is 0 Å². The maximum atomic E-state index is 15.0. The fourth-order valence-corrected chi connectivity index (χ4v) is 4.94. The average molecular weight is 522 g/mol. The molecule has 40 heavy (non-hydrogen) atoms. The molecule has 0 heterocycles. The molecule has 0 aromatic heterocycles. The molecule has 0 aliphatic carbocycles. The Labute approximate surface area is 236 Å². The molecule has 0 unspecified atom stereocenters. The molecule has 1 atom stereocenters. The summed E-state index contributed by atoms with van der Waals surface area (Å²) in [6.45, 7) is 2.25. The second kappa shape index (κ2) is 12.9. The molecule has 1 nitrogen and oxygen atoms in total. The monoisotopic (exact) mass is 521 g/mol. The van der Waals surface area contributed by atoms with Gasteiger partial charge in [-0.3, -0.25) is 0 Å². The van der Waals surface area contributed by atoms with Gasteiger partial charge in [0.05, 0.1) is 11.6 Å². The highest BCUT2D eigenvalue weighted by Crippen LogP contribution is 2.26. The standard InChI is InChI=1S/C38H32FN/c1-28(34-5-3-2-4-6-34)25-32-18-20-35(21-19-32)37-24-23-36(38(39)26-37)22-17-31-11-9-29(10-12-31)7-8-30-13-15-33(27-40)16-14-30/h2-6,9-24,26,28H,7-8,25H2,1H3/t28-/m0/s1. The van der Waals surface area contributed by atoms with E-state index in [0.29, 0.717) is 17.0 Å². The molecule has 0 spiro atoms. The first kappa shape index (κ1) is 26.9. The Balaban J connectivity index is 1.18. The van der Waals surface area contributed by atoms with Gasteiger partial charge in [-0.05, 0) is 82.3 Å². The minimum Gasteiger partial charge on any atom is -0.206 e. The van der Waals surface area contributed by atoms with Crippen LogP contribution in [0.2, 0.25) is 0 Å². The first-order valence-electron chi connectivity index (χ1n) is 13.8. The zero-order chi connectivity index (χ0) is 27.7. The van der Waals surface area contributed by atoms with Gasteiger partial charge in [-0.1, -0.05) is 122 Å². The molecule has 0 N–H and O–H groups in total. The smallest absolute Gasteiger partial charge is 0.131 e. The van der Waals surface area contributed by atoms with Crippen LogP contribution in [0.4, 0.5) is 4.39 Å². The summed E-state index contributed by atoms with van der Waals surface area (Å²) in [4.78, 5) is 0. The van der Waals surface area contributed by atoms with E-state index in [4.69, 9.17) is 5.26 Å². The van der Waals surface area contributed by atoms with Gasteiger partial charge >= 0.3 is 0 Å². The molecular weight excluding hydrogens is 489 g/mol. The van der Waals surface area contributed by atoms with E-state index in [9.17, 15) is 4.39 Å². The van der Waals surface area contributed by atoms with Crippen molar-refractivity contribution < 1.29 is 4.39 Å². The highest BCUT2D eigenvalue weighted by atomic mass is 19.1. The third-order valence-electron chi connectivity index (χ3n) is 7.42. The number of halogens is 1. The second-order valence-corrected chi connectivity index (χ2v) is 10.3. The molecule has 0 saturated heterocycles. The van der Waals surface area contributed by atoms with Crippen molar-refractivity contribution in [2.75, 3.05) is 0 Å². The lowest BCUT2D eigenvalue weighted by Gasteiger charge is -2.12. The molecule has 0 radical (unpaired) electrons. The molecule has 196 valence electrons. The fourth-order valence-electron chi connectivity index (χ4n) is 4.94. The van der Waals surface area contributed by atoms with Gasteiger partial charge in [0, 0.05) is 5.56 Å². The van der Waals surface area contributed by atoms with Crippen molar-refractivity contribution in [2.24, 2.45) is 0 Å². The lowest BCUT2D eigenvalue weighted by molar-refractivity contribution is 0.625. The predicted molar refractivity (Wildman–Crippen MR) is 164 cm³/mol. The van der Waals surface area contributed by atoms with Crippen molar-refractivity contribution >= 4 is 12.2 Å². The van der Waals surface area contributed by atoms with E-state index < -0.39 is 0 Å². The van der Waals surface area contributed by atoms with Crippen molar-refractivity contribution in [3.63, 3.8) is 0 Å². The van der Waals surface area contributed by atoms with E-state index in [1.54, 1.807) is 6.07 Å². The Morgan fingerprint density at radius 3 is 1.90 bits per heavy atom. The van der Waals surface area contributed by atoms with Gasteiger partial charge in [-0.25, -0.2) is 4.39 Å². The van der Waals surface area contributed by atoms with Gasteiger partial charge in [-0.2, -0.15) is 5.26 Å². The molecule has 0 amide bonds. The Morgan fingerprint density at radius 1 is 0.675 bits per heavy atom. The summed E-state index contributed by atoms with van der Waals surface area (Å²) in [5.74, 6) is 0.218. The highest BCUT2D eigenvalue weighted by Gasteiger charge is 2.08. The van der Waals surface area contributed by atoms with Gasteiger partial charge in [0.25, 0.3) is 0 Å². The number of aryl methyl sites for hydroxylation is 2. The van der Waals surface area contributed by atoms with Gasteiger partial charge < -0.3 is 0 Å². The Hall–Kier alpha value is -4.74. The van der Waals surface area contributed by atoms with Crippen LogP contribution >= 0.6 is 0 Å². The minimum absolute atomic E-state index is 0.227. The van der Waals surface area contributed by atoms with Gasteiger partial charge in [0.1, 0.15) is 5.82 Å². The Morgan fingerprint density at radius 2 is 1.27 bits per heavy atom. The fraction of sp³-hybridized carbons (Fsp3) is 0.132. The van der Waals surface area contributed by atoms with Gasteiger partial charge in [0.2, 0.25) is 0 Å². The predicted octanol–water partition coefficient (Wildman–Crippen LogP) is 9.67. The Kier molecular flexibility index (Phi) is 8.64. The number of nitriles is 1. The van der Waals surface area contributed by atoms with E-state index in [1.807, 2.05) is 54.6 Å². The van der Waals surface area contributed by atoms with Crippen molar-refractivity contribution in [2.45, 2.75) is 32.1 Å². The summed E-state index contributed by atoms with van der Waals surface area (Å²) < 4.78 is 15.0. The topological polar surface area (TPSA) is 23.8 Å². The number of rotatable bonds is 9. The summed E-state index contributed by atoms with van der Waals surface area (Å²) in [6.07, 6.45) is 6.61. The van der Waals surface area contributed by atoms with Crippen LogP contribution < -0.4 is 0 Å². The first-order chi connectivity index (χ1) is 19.6. The molecule has 0 aliphatic heterocycles. The first-order valence-corrected chi connectivity index (χ1v) is 13.8. The summed E-state index contributed by atoms with van der Waals surface area (Å²) in [6, 6.07) is 42.7. The molecular formula is C38H32FN. The summed E-state index contributed by atoms with van der Waals surface area (Å²) in [7, 11) is 0. The highest BCUT2D eigenvalue weighted by molar-refractivity contribution is 5.72. The number of nitrogens with zero attached hydrogens (tertiary/aromatic N) is 1. The SMILES string of the molecule is C[C@@H](Cc1ccc(-c2ccc(C=Cc3ccc(CCc4ccc(C#N)cc4)cc3)c(F)c2)cc1)c1ccccc1. The summed E-state index contributed by atoms with van der Waals surface area (Å²) in [5.41, 5.74) is 9.27. The molecule has 0 aliphatic rings. The average Bonchev–Trinajstić information content (AvgIpc) is 3.01. The van der Waals surface area contributed by atoms with Crippen LogP contribution in [0.3, 0.4) is 0 Å². The third kappa shape index (κ3) is 7.01. The van der Waals surface area contributed by atoms with Crippen molar-refractivity contribution in [3.05, 3.63) is 166 Å².